The number of nitrogens with one attached hydrogen (secondary N) is 1. The fourth-order valence-electron chi connectivity index (χ4n) is 3.24. The van der Waals surface area contributed by atoms with Crippen LogP contribution in [-0.2, 0) is 0 Å². The Balaban J connectivity index is 1.58. The lowest BCUT2D eigenvalue weighted by Gasteiger charge is -2.14. The van der Waals surface area contributed by atoms with Gasteiger partial charge >= 0.3 is 0 Å². The van der Waals surface area contributed by atoms with Gasteiger partial charge in [-0.3, -0.25) is 4.79 Å². The molecule has 2 aromatic rings. The molecule has 0 radical (unpaired) electrons. The van der Waals surface area contributed by atoms with Gasteiger partial charge < -0.3 is 19.9 Å². The molecule has 0 fully saturated rings. The Morgan fingerprint density at radius 1 is 1.12 bits per heavy atom. The standard InChI is InChI=1S/C20H23NO4/c1-12-8-13(2)19(14(3)9-12)20(23)21-7-6-16(22)15-4-5-17-18(10-15)25-11-24-17/h4-5,8-10,16,22H,6-7,11H2,1-3H3,(H,21,23). The molecule has 3 rings (SSSR count). The summed E-state index contributed by atoms with van der Waals surface area (Å²) in [4.78, 5) is 12.4. The summed E-state index contributed by atoms with van der Waals surface area (Å²) >= 11 is 0. The molecule has 1 amide bonds. The van der Waals surface area contributed by atoms with Gasteiger partial charge in [0.25, 0.3) is 5.91 Å². The summed E-state index contributed by atoms with van der Waals surface area (Å²) in [6.07, 6.45) is -0.245. The van der Waals surface area contributed by atoms with Crippen molar-refractivity contribution in [1.82, 2.24) is 5.32 Å². The Hall–Kier alpha value is -2.53. The first-order valence-corrected chi connectivity index (χ1v) is 8.39. The van der Waals surface area contributed by atoms with E-state index in [-0.39, 0.29) is 12.7 Å². The van der Waals surface area contributed by atoms with Crippen LogP contribution in [0.5, 0.6) is 11.5 Å². The van der Waals surface area contributed by atoms with Gasteiger partial charge in [0.15, 0.2) is 11.5 Å². The molecule has 0 aromatic heterocycles. The number of hydrogen-bond donors (Lipinski definition) is 2. The molecular formula is C20H23NO4. The predicted octanol–water partition coefficient (Wildman–Crippen LogP) is 3.19. The van der Waals surface area contributed by atoms with Crippen LogP contribution in [0.15, 0.2) is 30.3 Å². The Labute approximate surface area is 147 Å². The molecule has 132 valence electrons. The van der Waals surface area contributed by atoms with Crippen LogP contribution in [0, 0.1) is 20.8 Å². The van der Waals surface area contributed by atoms with E-state index in [0.717, 1.165) is 22.3 Å². The van der Waals surface area contributed by atoms with E-state index in [9.17, 15) is 9.90 Å². The molecule has 1 atom stereocenters. The number of amides is 1. The van der Waals surface area contributed by atoms with Crippen LogP contribution in [0.25, 0.3) is 0 Å². The normalized spacial score (nSPS) is 13.6. The third kappa shape index (κ3) is 3.77. The lowest BCUT2D eigenvalue weighted by molar-refractivity contribution is 0.0941. The van der Waals surface area contributed by atoms with Crippen LogP contribution >= 0.6 is 0 Å². The molecule has 2 N–H and O–H groups in total. The zero-order valence-corrected chi connectivity index (χ0v) is 14.8. The van der Waals surface area contributed by atoms with Crippen molar-refractivity contribution in [1.29, 1.82) is 0 Å². The fourth-order valence-corrected chi connectivity index (χ4v) is 3.24. The molecule has 2 aromatic carbocycles. The van der Waals surface area contributed by atoms with Crippen LogP contribution in [-0.4, -0.2) is 24.4 Å². The van der Waals surface area contributed by atoms with Crippen molar-refractivity contribution in [2.75, 3.05) is 13.3 Å². The molecule has 1 aliphatic rings. The van der Waals surface area contributed by atoms with E-state index in [4.69, 9.17) is 9.47 Å². The second-order valence-corrected chi connectivity index (χ2v) is 6.45. The second-order valence-electron chi connectivity index (χ2n) is 6.45. The summed E-state index contributed by atoms with van der Waals surface area (Å²) < 4.78 is 10.6. The van der Waals surface area contributed by atoms with Crippen LogP contribution in [0.1, 0.15) is 45.1 Å². The van der Waals surface area contributed by atoms with Crippen LogP contribution in [0.4, 0.5) is 0 Å². The van der Waals surface area contributed by atoms with E-state index in [1.54, 1.807) is 12.1 Å². The first-order valence-electron chi connectivity index (χ1n) is 8.39. The molecule has 0 bridgehead atoms. The quantitative estimate of drug-likeness (QED) is 0.876. The lowest BCUT2D eigenvalue weighted by atomic mass is 9.99. The summed E-state index contributed by atoms with van der Waals surface area (Å²) in [5.41, 5.74) is 4.53. The van der Waals surface area contributed by atoms with Crippen molar-refractivity contribution >= 4 is 5.91 Å². The molecule has 5 nitrogen and oxygen atoms in total. The van der Waals surface area contributed by atoms with Gasteiger partial charge in [0.05, 0.1) is 6.10 Å². The third-order valence-electron chi connectivity index (χ3n) is 4.39. The molecule has 25 heavy (non-hydrogen) atoms. The highest BCUT2D eigenvalue weighted by Gasteiger charge is 2.17. The molecule has 1 unspecified atom stereocenters. The van der Waals surface area contributed by atoms with Crippen molar-refractivity contribution in [2.45, 2.75) is 33.3 Å². The molecule has 1 aliphatic heterocycles. The number of hydrogen-bond acceptors (Lipinski definition) is 4. The number of ether oxygens (including phenoxy) is 2. The third-order valence-corrected chi connectivity index (χ3v) is 4.39. The molecular weight excluding hydrogens is 318 g/mol. The predicted molar refractivity (Wildman–Crippen MR) is 95.1 cm³/mol. The van der Waals surface area contributed by atoms with Crippen molar-refractivity contribution in [3.63, 3.8) is 0 Å². The Morgan fingerprint density at radius 3 is 2.52 bits per heavy atom. The number of carbonyl (C=O) groups excluding carboxylic acids is 1. The summed E-state index contributed by atoms with van der Waals surface area (Å²) in [6.45, 7) is 6.50. The molecule has 0 spiro atoms. The van der Waals surface area contributed by atoms with Gasteiger partial charge in [0.2, 0.25) is 6.79 Å². The molecule has 1 heterocycles. The second kappa shape index (κ2) is 7.15. The number of aryl methyl sites for hydroxylation is 3. The smallest absolute Gasteiger partial charge is 0.251 e. The van der Waals surface area contributed by atoms with Crippen molar-refractivity contribution in [2.24, 2.45) is 0 Å². The van der Waals surface area contributed by atoms with E-state index >= 15 is 0 Å². The number of fused-ring (bicyclic) bond motifs is 1. The minimum atomic E-state index is -0.671. The van der Waals surface area contributed by atoms with E-state index in [1.165, 1.54) is 0 Å². The SMILES string of the molecule is Cc1cc(C)c(C(=O)NCCC(O)c2ccc3c(c2)OCO3)c(C)c1. The van der Waals surface area contributed by atoms with Crippen LogP contribution in [0.3, 0.4) is 0 Å². The van der Waals surface area contributed by atoms with E-state index < -0.39 is 6.10 Å². The first kappa shape index (κ1) is 17.3. The highest BCUT2D eigenvalue weighted by Crippen LogP contribution is 2.34. The van der Waals surface area contributed by atoms with Crippen LogP contribution in [0.2, 0.25) is 0 Å². The largest absolute Gasteiger partial charge is 0.454 e. The molecule has 0 saturated carbocycles. The lowest BCUT2D eigenvalue weighted by Crippen LogP contribution is -2.27. The molecule has 0 aliphatic carbocycles. The summed E-state index contributed by atoms with van der Waals surface area (Å²) in [5.74, 6) is 1.23. The Bertz CT molecular complexity index is 777. The maximum absolute atomic E-state index is 12.4. The molecule has 0 saturated heterocycles. The van der Waals surface area contributed by atoms with Gasteiger partial charge in [-0.25, -0.2) is 0 Å². The number of aliphatic hydroxyl groups excluding tert-OH is 1. The van der Waals surface area contributed by atoms with Crippen LogP contribution < -0.4 is 14.8 Å². The number of benzene rings is 2. The maximum Gasteiger partial charge on any atom is 0.251 e. The van der Waals surface area contributed by atoms with Gasteiger partial charge in [-0.15, -0.1) is 0 Å². The topological polar surface area (TPSA) is 67.8 Å². The zero-order chi connectivity index (χ0) is 18.0. The minimum Gasteiger partial charge on any atom is -0.454 e. The summed E-state index contributed by atoms with van der Waals surface area (Å²) in [7, 11) is 0. The van der Waals surface area contributed by atoms with E-state index in [1.807, 2.05) is 39.0 Å². The van der Waals surface area contributed by atoms with E-state index in [2.05, 4.69) is 5.32 Å². The number of rotatable bonds is 5. The van der Waals surface area contributed by atoms with Gasteiger partial charge in [-0.2, -0.15) is 0 Å². The fraction of sp³-hybridized carbons (Fsp3) is 0.350. The van der Waals surface area contributed by atoms with E-state index in [0.29, 0.717) is 30.0 Å². The number of aliphatic hydroxyl groups is 1. The average Bonchev–Trinajstić information content (AvgIpc) is 3.01. The minimum absolute atomic E-state index is 0.104. The average molecular weight is 341 g/mol. The monoisotopic (exact) mass is 341 g/mol. The maximum atomic E-state index is 12.4. The van der Waals surface area contributed by atoms with Gasteiger partial charge in [-0.1, -0.05) is 23.8 Å². The highest BCUT2D eigenvalue weighted by atomic mass is 16.7. The Morgan fingerprint density at radius 2 is 1.80 bits per heavy atom. The van der Waals surface area contributed by atoms with Crippen molar-refractivity contribution in [3.8, 4) is 11.5 Å². The van der Waals surface area contributed by atoms with Crippen molar-refractivity contribution in [3.05, 3.63) is 58.1 Å². The Kier molecular flexibility index (Phi) is 4.95. The van der Waals surface area contributed by atoms with Crippen molar-refractivity contribution < 1.29 is 19.4 Å². The first-order chi connectivity index (χ1) is 12.0. The summed E-state index contributed by atoms with van der Waals surface area (Å²) in [5, 5.41) is 13.2. The van der Waals surface area contributed by atoms with Gasteiger partial charge in [0, 0.05) is 12.1 Å². The van der Waals surface area contributed by atoms with Gasteiger partial charge in [0.1, 0.15) is 0 Å². The summed E-state index contributed by atoms with van der Waals surface area (Å²) in [6, 6.07) is 9.39. The zero-order valence-electron chi connectivity index (χ0n) is 14.8. The number of carbonyl (C=O) groups is 1. The highest BCUT2D eigenvalue weighted by molar-refractivity contribution is 5.97. The molecule has 5 heteroatoms. The van der Waals surface area contributed by atoms with Gasteiger partial charge in [-0.05, 0) is 56.0 Å².